The first kappa shape index (κ1) is 8.52. The van der Waals surface area contributed by atoms with Crippen LogP contribution in [0.15, 0.2) is 0 Å². The molecule has 2 aliphatic heterocycles. The second-order valence-electron chi connectivity index (χ2n) is 4.51. The third kappa shape index (κ3) is 1.27. The lowest BCUT2D eigenvalue weighted by Crippen LogP contribution is -2.32. The number of aliphatic hydroxyl groups is 1. The molecule has 1 N–H and O–H groups in total. The monoisotopic (exact) mass is 170 g/mol. The maximum atomic E-state index is 9.87. The molecule has 0 aromatic rings. The Balaban J connectivity index is 1.97. The summed E-state index contributed by atoms with van der Waals surface area (Å²) in [5.41, 5.74) is 0. The van der Waals surface area contributed by atoms with E-state index in [1.165, 1.54) is 12.8 Å². The molecule has 2 saturated heterocycles. The minimum absolute atomic E-state index is 0.153. The molecular weight excluding hydrogens is 152 g/mol. The van der Waals surface area contributed by atoms with Crippen molar-refractivity contribution in [3.05, 3.63) is 0 Å². The van der Waals surface area contributed by atoms with E-state index >= 15 is 0 Å². The normalized spacial score (nSPS) is 42.5. The average molecular weight is 170 g/mol. The van der Waals surface area contributed by atoms with Crippen molar-refractivity contribution in [2.24, 2.45) is 11.8 Å². The van der Waals surface area contributed by atoms with Gasteiger partial charge in [-0.3, -0.25) is 0 Å². The topological polar surface area (TPSA) is 29.5 Å². The standard InChI is InChI=1S/C10H18O2/c1-6(2)10(11)8-5-7-3-4-9(8)12-7/h6-11H,3-5H2,1-2H3. The molecule has 2 nitrogen and oxygen atoms in total. The van der Waals surface area contributed by atoms with Gasteiger partial charge >= 0.3 is 0 Å². The van der Waals surface area contributed by atoms with Crippen LogP contribution in [0.2, 0.25) is 0 Å². The largest absolute Gasteiger partial charge is 0.392 e. The van der Waals surface area contributed by atoms with Crippen LogP contribution in [0.3, 0.4) is 0 Å². The van der Waals surface area contributed by atoms with Crippen molar-refractivity contribution >= 4 is 0 Å². The molecule has 0 spiro atoms. The summed E-state index contributed by atoms with van der Waals surface area (Å²) >= 11 is 0. The van der Waals surface area contributed by atoms with Crippen LogP contribution in [0.4, 0.5) is 0 Å². The summed E-state index contributed by atoms with van der Waals surface area (Å²) in [7, 11) is 0. The smallest absolute Gasteiger partial charge is 0.0633 e. The Bertz CT molecular complexity index is 167. The van der Waals surface area contributed by atoms with E-state index in [0.717, 1.165) is 6.42 Å². The van der Waals surface area contributed by atoms with Crippen molar-refractivity contribution in [3.63, 3.8) is 0 Å². The first-order chi connectivity index (χ1) is 5.68. The van der Waals surface area contributed by atoms with Crippen LogP contribution in [-0.4, -0.2) is 23.4 Å². The lowest BCUT2D eigenvalue weighted by Gasteiger charge is -2.26. The highest BCUT2D eigenvalue weighted by Gasteiger charge is 2.44. The van der Waals surface area contributed by atoms with Gasteiger partial charge in [0.05, 0.1) is 18.3 Å². The van der Waals surface area contributed by atoms with Crippen molar-refractivity contribution in [1.82, 2.24) is 0 Å². The fourth-order valence-corrected chi connectivity index (χ4v) is 2.53. The van der Waals surface area contributed by atoms with Gasteiger partial charge in [-0.1, -0.05) is 13.8 Å². The van der Waals surface area contributed by atoms with Gasteiger partial charge in [-0.25, -0.2) is 0 Å². The summed E-state index contributed by atoms with van der Waals surface area (Å²) < 4.78 is 5.70. The molecule has 2 bridgehead atoms. The van der Waals surface area contributed by atoms with Gasteiger partial charge < -0.3 is 9.84 Å². The molecule has 0 radical (unpaired) electrons. The molecule has 12 heavy (non-hydrogen) atoms. The molecular formula is C10H18O2. The third-order valence-corrected chi connectivity index (χ3v) is 3.27. The Kier molecular flexibility index (Phi) is 2.13. The van der Waals surface area contributed by atoms with Gasteiger partial charge in [0, 0.05) is 5.92 Å². The van der Waals surface area contributed by atoms with Crippen LogP contribution in [0.1, 0.15) is 33.1 Å². The Morgan fingerprint density at radius 1 is 1.33 bits per heavy atom. The average Bonchev–Trinajstić information content (AvgIpc) is 2.62. The predicted octanol–water partition coefficient (Wildman–Crippen LogP) is 1.57. The Labute approximate surface area is 73.9 Å². The Morgan fingerprint density at radius 2 is 2.08 bits per heavy atom. The summed E-state index contributed by atoms with van der Waals surface area (Å²) in [4.78, 5) is 0. The van der Waals surface area contributed by atoms with Crippen LogP contribution >= 0.6 is 0 Å². The second-order valence-corrected chi connectivity index (χ2v) is 4.51. The van der Waals surface area contributed by atoms with Crippen molar-refractivity contribution in [1.29, 1.82) is 0 Å². The van der Waals surface area contributed by atoms with Crippen molar-refractivity contribution in [3.8, 4) is 0 Å². The van der Waals surface area contributed by atoms with Gasteiger partial charge in [0.1, 0.15) is 0 Å². The van der Waals surface area contributed by atoms with Gasteiger partial charge in [0.25, 0.3) is 0 Å². The molecule has 0 aliphatic carbocycles. The molecule has 2 fully saturated rings. The highest BCUT2D eigenvalue weighted by atomic mass is 16.5. The van der Waals surface area contributed by atoms with E-state index in [1.807, 2.05) is 0 Å². The summed E-state index contributed by atoms with van der Waals surface area (Å²) in [5, 5.41) is 9.87. The van der Waals surface area contributed by atoms with E-state index in [1.54, 1.807) is 0 Å². The minimum atomic E-state index is -0.153. The zero-order valence-electron chi connectivity index (χ0n) is 7.86. The van der Waals surface area contributed by atoms with E-state index in [-0.39, 0.29) is 6.10 Å². The van der Waals surface area contributed by atoms with Gasteiger partial charge in [-0.15, -0.1) is 0 Å². The van der Waals surface area contributed by atoms with E-state index < -0.39 is 0 Å². The van der Waals surface area contributed by atoms with Crippen molar-refractivity contribution in [2.75, 3.05) is 0 Å². The van der Waals surface area contributed by atoms with Gasteiger partial charge in [0.2, 0.25) is 0 Å². The predicted molar refractivity (Wildman–Crippen MR) is 46.8 cm³/mol. The van der Waals surface area contributed by atoms with E-state index in [2.05, 4.69) is 13.8 Å². The molecule has 0 saturated carbocycles. The summed E-state index contributed by atoms with van der Waals surface area (Å²) in [6.07, 6.45) is 4.15. The molecule has 2 rings (SSSR count). The highest BCUT2D eigenvalue weighted by molar-refractivity contribution is 4.93. The maximum absolute atomic E-state index is 9.87. The van der Waals surface area contributed by atoms with Gasteiger partial charge in [-0.2, -0.15) is 0 Å². The summed E-state index contributed by atoms with van der Waals surface area (Å²) in [6.45, 7) is 4.16. The third-order valence-electron chi connectivity index (χ3n) is 3.27. The number of hydrogen-bond acceptors (Lipinski definition) is 2. The SMILES string of the molecule is CC(C)C(O)C1CC2CCC1O2. The highest BCUT2D eigenvalue weighted by Crippen LogP contribution is 2.41. The lowest BCUT2D eigenvalue weighted by molar-refractivity contribution is 0.0194. The molecule has 0 aromatic carbocycles. The van der Waals surface area contributed by atoms with Crippen LogP contribution in [-0.2, 0) is 4.74 Å². The van der Waals surface area contributed by atoms with Gasteiger partial charge in [-0.05, 0) is 25.2 Å². The minimum Gasteiger partial charge on any atom is -0.392 e. The molecule has 2 heterocycles. The summed E-state index contributed by atoms with van der Waals surface area (Å²) in [5.74, 6) is 0.793. The van der Waals surface area contributed by atoms with E-state index in [4.69, 9.17) is 4.74 Å². The second kappa shape index (κ2) is 3.00. The van der Waals surface area contributed by atoms with E-state index in [9.17, 15) is 5.11 Å². The lowest BCUT2D eigenvalue weighted by atomic mass is 9.81. The van der Waals surface area contributed by atoms with Crippen LogP contribution in [0.5, 0.6) is 0 Å². The molecule has 0 aromatic heterocycles. The van der Waals surface area contributed by atoms with Crippen LogP contribution in [0, 0.1) is 11.8 Å². The van der Waals surface area contributed by atoms with E-state index in [0.29, 0.717) is 24.0 Å². The van der Waals surface area contributed by atoms with Crippen molar-refractivity contribution < 1.29 is 9.84 Å². The zero-order chi connectivity index (χ0) is 8.72. The first-order valence-electron chi connectivity index (χ1n) is 5.02. The molecule has 70 valence electrons. The number of aliphatic hydroxyl groups excluding tert-OH is 1. The number of rotatable bonds is 2. The van der Waals surface area contributed by atoms with Crippen LogP contribution < -0.4 is 0 Å². The zero-order valence-corrected chi connectivity index (χ0v) is 7.86. The Hall–Kier alpha value is -0.0800. The molecule has 0 amide bonds. The molecule has 2 aliphatic rings. The Morgan fingerprint density at radius 3 is 2.50 bits per heavy atom. The maximum Gasteiger partial charge on any atom is 0.0633 e. The number of hydrogen-bond donors (Lipinski definition) is 1. The number of fused-ring (bicyclic) bond motifs is 2. The van der Waals surface area contributed by atoms with Crippen LogP contribution in [0.25, 0.3) is 0 Å². The first-order valence-corrected chi connectivity index (χ1v) is 5.02. The van der Waals surface area contributed by atoms with Crippen molar-refractivity contribution in [2.45, 2.75) is 51.4 Å². The summed E-state index contributed by atoms with van der Waals surface area (Å²) in [6, 6.07) is 0. The van der Waals surface area contributed by atoms with Gasteiger partial charge in [0.15, 0.2) is 0 Å². The fourth-order valence-electron chi connectivity index (χ4n) is 2.53. The molecule has 4 atom stereocenters. The molecule has 4 unspecified atom stereocenters. The quantitative estimate of drug-likeness (QED) is 0.681. The molecule has 2 heteroatoms. The number of ether oxygens (including phenoxy) is 1. The fraction of sp³-hybridized carbons (Fsp3) is 1.00.